The van der Waals surface area contributed by atoms with E-state index in [9.17, 15) is 9.18 Å². The molecule has 0 bridgehead atoms. The predicted molar refractivity (Wildman–Crippen MR) is 83.6 cm³/mol. The van der Waals surface area contributed by atoms with Crippen molar-refractivity contribution >= 4 is 17.2 Å². The van der Waals surface area contributed by atoms with Crippen LogP contribution in [0.5, 0.6) is 0 Å². The van der Waals surface area contributed by atoms with Crippen LogP contribution >= 0.6 is 0 Å². The molecule has 24 heavy (non-hydrogen) atoms. The van der Waals surface area contributed by atoms with Crippen LogP contribution in [-0.2, 0) is 9.53 Å². The molecule has 1 amide bonds. The van der Waals surface area contributed by atoms with Gasteiger partial charge in [-0.05, 0) is 18.2 Å². The highest BCUT2D eigenvalue weighted by atomic mass is 19.1. The van der Waals surface area contributed by atoms with Crippen LogP contribution in [0.25, 0.3) is 16.9 Å². The van der Waals surface area contributed by atoms with Crippen molar-refractivity contribution in [2.75, 3.05) is 19.0 Å². The number of rotatable bonds is 4. The number of aromatic nitrogens is 3. The number of benzene rings is 1. The third kappa shape index (κ3) is 2.93. The van der Waals surface area contributed by atoms with E-state index >= 15 is 0 Å². The lowest BCUT2D eigenvalue weighted by Gasteiger charge is -2.10. The van der Waals surface area contributed by atoms with Gasteiger partial charge in [0.1, 0.15) is 24.8 Å². The van der Waals surface area contributed by atoms with E-state index in [4.69, 9.17) is 10.00 Å². The lowest BCUT2D eigenvalue weighted by atomic mass is 10.1. The Morgan fingerprint density at radius 3 is 2.96 bits per heavy atom. The quantitative estimate of drug-likeness (QED) is 0.792. The summed E-state index contributed by atoms with van der Waals surface area (Å²) in [6.07, 6.45) is 1.36. The van der Waals surface area contributed by atoms with E-state index in [1.54, 1.807) is 24.3 Å². The Balaban J connectivity index is 2.09. The Hall–Kier alpha value is -3.31. The zero-order valence-electron chi connectivity index (χ0n) is 12.7. The van der Waals surface area contributed by atoms with Gasteiger partial charge in [-0.3, -0.25) is 4.79 Å². The molecular formula is C16H12FN5O2. The monoisotopic (exact) mass is 325 g/mol. The van der Waals surface area contributed by atoms with Crippen molar-refractivity contribution in [1.82, 2.24) is 14.6 Å². The minimum atomic E-state index is -0.628. The number of nitriles is 1. The number of nitrogens with one attached hydrogen (secondary N) is 1. The van der Waals surface area contributed by atoms with Crippen LogP contribution in [0.15, 0.2) is 36.7 Å². The zero-order chi connectivity index (χ0) is 17.1. The van der Waals surface area contributed by atoms with Gasteiger partial charge in [-0.15, -0.1) is 0 Å². The Morgan fingerprint density at radius 1 is 1.42 bits per heavy atom. The summed E-state index contributed by atoms with van der Waals surface area (Å²) >= 11 is 0. The van der Waals surface area contributed by atoms with Crippen LogP contribution in [0.2, 0.25) is 0 Å². The number of carbonyl (C=O) groups is 1. The molecule has 2 aromatic heterocycles. The van der Waals surface area contributed by atoms with Crippen LogP contribution in [-0.4, -0.2) is 34.2 Å². The molecule has 0 saturated carbocycles. The van der Waals surface area contributed by atoms with Crippen molar-refractivity contribution in [2.24, 2.45) is 0 Å². The molecule has 0 aliphatic heterocycles. The average molecular weight is 325 g/mol. The third-order valence-electron chi connectivity index (χ3n) is 3.32. The number of hydrogen-bond donors (Lipinski definition) is 1. The highest BCUT2D eigenvalue weighted by Crippen LogP contribution is 2.25. The summed E-state index contributed by atoms with van der Waals surface area (Å²) in [5.41, 5.74) is 1.96. The number of amides is 1. The molecule has 8 heteroatoms. The van der Waals surface area contributed by atoms with Gasteiger partial charge in [-0.1, -0.05) is 6.07 Å². The van der Waals surface area contributed by atoms with Crippen LogP contribution in [0, 0.1) is 17.1 Å². The number of fused-ring (bicyclic) bond motifs is 1. The number of carbonyl (C=O) groups excluding carboxylic acids is 1. The van der Waals surface area contributed by atoms with E-state index in [1.165, 1.54) is 30.1 Å². The lowest BCUT2D eigenvalue weighted by molar-refractivity contribution is -0.119. The summed E-state index contributed by atoms with van der Waals surface area (Å²) in [6, 6.07) is 9.32. The molecule has 1 aromatic carbocycles. The smallest absolute Gasteiger partial charge is 0.250 e. The Labute approximate surface area is 136 Å². The van der Waals surface area contributed by atoms with E-state index in [0.717, 1.165) is 0 Å². The molecule has 2 heterocycles. The second-order valence-corrected chi connectivity index (χ2v) is 4.95. The van der Waals surface area contributed by atoms with Crippen LogP contribution in [0.3, 0.4) is 0 Å². The SMILES string of the molecule is COCC(=O)Nc1cc(-c2ccc(C#N)c(F)c2)n2ncnc2c1. The van der Waals surface area contributed by atoms with Gasteiger partial charge in [-0.2, -0.15) is 10.4 Å². The Morgan fingerprint density at radius 2 is 2.25 bits per heavy atom. The molecule has 3 aromatic rings. The maximum absolute atomic E-state index is 13.9. The number of hydrogen-bond acceptors (Lipinski definition) is 5. The van der Waals surface area contributed by atoms with Gasteiger partial charge >= 0.3 is 0 Å². The molecule has 0 unspecified atom stereocenters. The number of methoxy groups -OCH3 is 1. The van der Waals surface area contributed by atoms with Crippen molar-refractivity contribution in [2.45, 2.75) is 0 Å². The molecule has 0 atom stereocenters. The normalized spacial score (nSPS) is 10.5. The summed E-state index contributed by atoms with van der Waals surface area (Å²) in [5.74, 6) is -0.949. The zero-order valence-corrected chi connectivity index (χ0v) is 12.7. The minimum absolute atomic E-state index is 0.0434. The number of ether oxygens (including phenoxy) is 1. The minimum Gasteiger partial charge on any atom is -0.375 e. The fourth-order valence-electron chi connectivity index (χ4n) is 2.29. The van der Waals surface area contributed by atoms with Crippen molar-refractivity contribution in [1.29, 1.82) is 5.26 Å². The van der Waals surface area contributed by atoms with E-state index in [1.807, 2.05) is 0 Å². The van der Waals surface area contributed by atoms with Crippen LogP contribution < -0.4 is 5.32 Å². The van der Waals surface area contributed by atoms with E-state index in [2.05, 4.69) is 15.4 Å². The van der Waals surface area contributed by atoms with Gasteiger partial charge in [0.25, 0.3) is 0 Å². The molecule has 0 saturated heterocycles. The fraction of sp³-hybridized carbons (Fsp3) is 0.125. The molecule has 3 rings (SSSR count). The second-order valence-electron chi connectivity index (χ2n) is 4.95. The van der Waals surface area contributed by atoms with Crippen molar-refractivity contribution in [3.63, 3.8) is 0 Å². The predicted octanol–water partition coefficient (Wildman–Crippen LogP) is 1.99. The summed E-state index contributed by atoms with van der Waals surface area (Å²) < 4.78 is 20.2. The molecule has 120 valence electrons. The van der Waals surface area contributed by atoms with Crippen molar-refractivity contribution in [3.05, 3.63) is 48.0 Å². The van der Waals surface area contributed by atoms with E-state index in [0.29, 0.717) is 22.6 Å². The number of nitrogens with zero attached hydrogens (tertiary/aromatic N) is 4. The van der Waals surface area contributed by atoms with Gasteiger partial charge in [0.05, 0.1) is 11.3 Å². The van der Waals surface area contributed by atoms with Crippen molar-refractivity contribution in [3.8, 4) is 17.3 Å². The van der Waals surface area contributed by atoms with Crippen LogP contribution in [0.4, 0.5) is 10.1 Å². The maximum Gasteiger partial charge on any atom is 0.250 e. The first-order valence-corrected chi connectivity index (χ1v) is 6.95. The Kier molecular flexibility index (Phi) is 4.18. The maximum atomic E-state index is 13.9. The van der Waals surface area contributed by atoms with Gasteiger partial charge in [0.15, 0.2) is 5.65 Å². The number of halogens is 1. The third-order valence-corrected chi connectivity index (χ3v) is 3.32. The van der Waals surface area contributed by atoms with E-state index < -0.39 is 5.82 Å². The summed E-state index contributed by atoms with van der Waals surface area (Å²) in [7, 11) is 1.42. The topological polar surface area (TPSA) is 92.3 Å². The van der Waals surface area contributed by atoms with Gasteiger partial charge in [-0.25, -0.2) is 13.9 Å². The Bertz CT molecular complexity index is 961. The van der Waals surface area contributed by atoms with Crippen LogP contribution in [0.1, 0.15) is 5.56 Å². The van der Waals surface area contributed by atoms with Gasteiger partial charge in [0.2, 0.25) is 5.91 Å². The first-order valence-electron chi connectivity index (χ1n) is 6.95. The molecule has 0 aliphatic rings. The summed E-state index contributed by atoms with van der Waals surface area (Å²) in [5, 5.41) is 15.6. The number of anilines is 1. The summed E-state index contributed by atoms with van der Waals surface area (Å²) in [4.78, 5) is 15.8. The molecular weight excluding hydrogens is 313 g/mol. The molecule has 7 nitrogen and oxygen atoms in total. The van der Waals surface area contributed by atoms with Crippen molar-refractivity contribution < 1.29 is 13.9 Å². The fourth-order valence-corrected chi connectivity index (χ4v) is 2.29. The summed E-state index contributed by atoms with van der Waals surface area (Å²) in [6.45, 7) is -0.0846. The standard InChI is InChI=1S/C16H12FN5O2/c1-24-8-16(23)21-12-5-14(22-15(6-12)19-9-20-22)10-2-3-11(7-18)13(17)4-10/h2-6,9H,8H2,1H3,(H,21,23). The number of pyridine rings is 1. The second kappa shape index (κ2) is 6.44. The van der Waals surface area contributed by atoms with Gasteiger partial charge in [0, 0.05) is 24.4 Å². The first-order chi connectivity index (χ1) is 11.6. The lowest BCUT2D eigenvalue weighted by Crippen LogP contribution is -2.17. The first kappa shape index (κ1) is 15.6. The van der Waals surface area contributed by atoms with Gasteiger partial charge < -0.3 is 10.1 Å². The van der Waals surface area contributed by atoms with E-state index in [-0.39, 0.29) is 18.1 Å². The highest BCUT2D eigenvalue weighted by molar-refractivity contribution is 5.93. The largest absolute Gasteiger partial charge is 0.375 e. The molecule has 1 N–H and O–H groups in total. The molecule has 0 aliphatic carbocycles. The molecule has 0 radical (unpaired) electrons. The molecule has 0 spiro atoms. The highest BCUT2D eigenvalue weighted by Gasteiger charge is 2.12. The molecule has 0 fully saturated rings. The average Bonchev–Trinajstić information content (AvgIpc) is 3.02.